The minimum absolute atomic E-state index is 0.0188. The summed E-state index contributed by atoms with van der Waals surface area (Å²) in [5.74, 6) is -1.64. The molecule has 3 N–H and O–H groups in total. The highest BCUT2D eigenvalue weighted by atomic mass is 79.9. The summed E-state index contributed by atoms with van der Waals surface area (Å²) in [6.45, 7) is -0.296. The molecule has 1 rings (SSSR count). The van der Waals surface area contributed by atoms with Crippen LogP contribution in [0.5, 0.6) is 0 Å². The van der Waals surface area contributed by atoms with Gasteiger partial charge in [0, 0.05) is 23.1 Å². The maximum Gasteiger partial charge on any atom is 0.326 e. The summed E-state index contributed by atoms with van der Waals surface area (Å²) in [5.41, 5.74) is 0.364. The largest absolute Gasteiger partial charge is 0.480 e. The first kappa shape index (κ1) is 13.7. The van der Waals surface area contributed by atoms with Crippen LogP contribution in [0.25, 0.3) is 0 Å². The van der Waals surface area contributed by atoms with Gasteiger partial charge in [0.25, 0.3) is 5.91 Å². The number of benzene rings is 1. The molecule has 17 heavy (non-hydrogen) atoms. The van der Waals surface area contributed by atoms with Gasteiger partial charge in [0.05, 0.1) is 0 Å². The van der Waals surface area contributed by atoms with Gasteiger partial charge in [-0.05, 0) is 18.2 Å². The van der Waals surface area contributed by atoms with Crippen molar-refractivity contribution >= 4 is 27.8 Å². The van der Waals surface area contributed by atoms with Crippen LogP contribution >= 0.6 is 15.9 Å². The molecule has 92 valence electrons. The van der Waals surface area contributed by atoms with Gasteiger partial charge < -0.3 is 15.5 Å². The Morgan fingerprint density at radius 1 is 1.41 bits per heavy atom. The number of aliphatic carboxylic acids is 1. The minimum atomic E-state index is -1.16. The van der Waals surface area contributed by atoms with Gasteiger partial charge in [0.1, 0.15) is 6.04 Å². The Kier molecular flexibility index (Phi) is 5.11. The summed E-state index contributed by atoms with van der Waals surface area (Å²) >= 11 is 3.22. The quantitative estimate of drug-likeness (QED) is 0.758. The van der Waals surface area contributed by atoms with Crippen molar-refractivity contribution in [2.45, 2.75) is 12.5 Å². The third-order valence-electron chi connectivity index (χ3n) is 2.11. The molecule has 0 aliphatic rings. The lowest BCUT2D eigenvalue weighted by molar-refractivity contribution is -0.139. The number of carbonyl (C=O) groups is 2. The van der Waals surface area contributed by atoms with Crippen LogP contribution in [0.15, 0.2) is 28.7 Å². The molecule has 1 amide bonds. The molecule has 5 nitrogen and oxygen atoms in total. The van der Waals surface area contributed by atoms with Crippen molar-refractivity contribution in [1.29, 1.82) is 0 Å². The molecular formula is C11H12BrNO4. The lowest BCUT2D eigenvalue weighted by Gasteiger charge is -2.13. The molecule has 0 unspecified atom stereocenters. The summed E-state index contributed by atoms with van der Waals surface area (Å²) in [4.78, 5) is 22.5. The molecule has 0 saturated carbocycles. The van der Waals surface area contributed by atoms with E-state index in [0.717, 1.165) is 4.47 Å². The first-order valence-corrected chi connectivity index (χ1v) is 5.74. The van der Waals surface area contributed by atoms with Crippen LogP contribution in [0.1, 0.15) is 16.8 Å². The lowest BCUT2D eigenvalue weighted by Crippen LogP contribution is -2.41. The van der Waals surface area contributed by atoms with Crippen LogP contribution in [-0.2, 0) is 4.79 Å². The van der Waals surface area contributed by atoms with Gasteiger partial charge in [-0.25, -0.2) is 4.79 Å². The highest BCUT2D eigenvalue weighted by Gasteiger charge is 2.19. The van der Waals surface area contributed by atoms with E-state index in [4.69, 9.17) is 10.2 Å². The van der Waals surface area contributed by atoms with E-state index in [1.807, 2.05) is 0 Å². The molecule has 0 spiro atoms. The Morgan fingerprint density at radius 2 is 2.12 bits per heavy atom. The minimum Gasteiger partial charge on any atom is -0.480 e. The third kappa shape index (κ3) is 4.16. The highest BCUT2D eigenvalue weighted by molar-refractivity contribution is 9.10. The average molecular weight is 302 g/mol. The number of amides is 1. The number of carboxylic acids is 1. The van der Waals surface area contributed by atoms with E-state index in [1.54, 1.807) is 24.3 Å². The fourth-order valence-corrected chi connectivity index (χ4v) is 1.66. The summed E-state index contributed by atoms with van der Waals surface area (Å²) in [6.07, 6.45) is -0.0188. The fraction of sp³-hybridized carbons (Fsp3) is 0.273. The summed E-state index contributed by atoms with van der Waals surface area (Å²) in [5, 5.41) is 19.9. The lowest BCUT2D eigenvalue weighted by atomic mass is 10.1. The topological polar surface area (TPSA) is 86.6 Å². The molecular weight excluding hydrogens is 290 g/mol. The second kappa shape index (κ2) is 6.36. The molecule has 0 aromatic heterocycles. The van der Waals surface area contributed by atoms with Gasteiger partial charge in [-0.1, -0.05) is 22.0 Å². The van der Waals surface area contributed by atoms with Gasteiger partial charge in [-0.2, -0.15) is 0 Å². The van der Waals surface area contributed by atoms with Crippen LogP contribution in [0.3, 0.4) is 0 Å². The molecule has 0 fully saturated rings. The van der Waals surface area contributed by atoms with E-state index < -0.39 is 17.9 Å². The number of hydrogen-bond donors (Lipinski definition) is 3. The number of aliphatic hydroxyl groups is 1. The zero-order chi connectivity index (χ0) is 12.8. The Hall–Kier alpha value is -1.40. The Bertz CT molecular complexity index is 422. The fourth-order valence-electron chi connectivity index (χ4n) is 1.26. The molecule has 1 aromatic carbocycles. The van der Waals surface area contributed by atoms with Crippen LogP contribution < -0.4 is 5.32 Å². The standard InChI is InChI=1S/C11H12BrNO4/c12-8-3-1-2-7(6-8)10(15)13-9(4-5-14)11(16)17/h1-3,6,9,14H,4-5H2,(H,13,15)(H,16,17)/t9-/m0/s1. The molecule has 0 bridgehead atoms. The number of aliphatic hydroxyl groups excluding tert-OH is 1. The van der Waals surface area contributed by atoms with Gasteiger partial charge in [-0.3, -0.25) is 4.79 Å². The summed E-state index contributed by atoms with van der Waals surface area (Å²) in [6, 6.07) is 5.54. The number of carboxylic acid groups (broad SMARTS) is 1. The number of nitrogens with one attached hydrogen (secondary N) is 1. The van der Waals surface area contributed by atoms with Crippen molar-refractivity contribution in [3.05, 3.63) is 34.3 Å². The Labute approximate surface area is 107 Å². The van der Waals surface area contributed by atoms with Gasteiger partial charge in [-0.15, -0.1) is 0 Å². The van der Waals surface area contributed by atoms with Crippen LogP contribution in [-0.4, -0.2) is 34.7 Å². The van der Waals surface area contributed by atoms with E-state index in [-0.39, 0.29) is 13.0 Å². The first-order chi connectivity index (χ1) is 8.04. The zero-order valence-electron chi connectivity index (χ0n) is 8.89. The average Bonchev–Trinajstić information content (AvgIpc) is 2.28. The Morgan fingerprint density at radius 3 is 2.65 bits per heavy atom. The number of halogens is 1. The second-order valence-electron chi connectivity index (χ2n) is 3.39. The predicted molar refractivity (Wildman–Crippen MR) is 64.7 cm³/mol. The van der Waals surface area contributed by atoms with E-state index >= 15 is 0 Å². The predicted octanol–water partition coefficient (Wildman–Crippen LogP) is 1.01. The van der Waals surface area contributed by atoms with Gasteiger partial charge >= 0.3 is 5.97 Å². The molecule has 0 heterocycles. The van der Waals surface area contributed by atoms with Crippen molar-refractivity contribution in [3.63, 3.8) is 0 Å². The van der Waals surface area contributed by atoms with Crippen molar-refractivity contribution in [3.8, 4) is 0 Å². The maximum atomic E-state index is 11.7. The zero-order valence-corrected chi connectivity index (χ0v) is 10.5. The van der Waals surface area contributed by atoms with Gasteiger partial charge in [0.2, 0.25) is 0 Å². The maximum absolute atomic E-state index is 11.7. The molecule has 1 aromatic rings. The normalized spacial score (nSPS) is 11.9. The molecule has 0 aliphatic heterocycles. The van der Waals surface area contributed by atoms with Crippen molar-refractivity contribution in [2.24, 2.45) is 0 Å². The third-order valence-corrected chi connectivity index (χ3v) is 2.60. The van der Waals surface area contributed by atoms with Crippen molar-refractivity contribution in [2.75, 3.05) is 6.61 Å². The number of carbonyl (C=O) groups excluding carboxylic acids is 1. The van der Waals surface area contributed by atoms with E-state index in [0.29, 0.717) is 5.56 Å². The smallest absolute Gasteiger partial charge is 0.326 e. The molecule has 0 aliphatic carbocycles. The summed E-state index contributed by atoms with van der Waals surface area (Å²) in [7, 11) is 0. The highest BCUT2D eigenvalue weighted by Crippen LogP contribution is 2.11. The number of rotatable bonds is 5. The first-order valence-electron chi connectivity index (χ1n) is 4.94. The SMILES string of the molecule is O=C(N[C@@H](CCO)C(=O)O)c1cccc(Br)c1. The second-order valence-corrected chi connectivity index (χ2v) is 4.30. The summed E-state index contributed by atoms with van der Waals surface area (Å²) < 4.78 is 0.735. The molecule has 0 saturated heterocycles. The molecule has 6 heteroatoms. The van der Waals surface area contributed by atoms with Crippen molar-refractivity contribution < 1.29 is 19.8 Å². The molecule has 0 radical (unpaired) electrons. The van der Waals surface area contributed by atoms with Crippen molar-refractivity contribution in [1.82, 2.24) is 5.32 Å². The van der Waals surface area contributed by atoms with E-state index in [1.165, 1.54) is 0 Å². The van der Waals surface area contributed by atoms with Crippen LogP contribution in [0.4, 0.5) is 0 Å². The molecule has 1 atom stereocenters. The Balaban J connectivity index is 2.73. The van der Waals surface area contributed by atoms with Crippen LogP contribution in [0, 0.1) is 0 Å². The number of hydrogen-bond acceptors (Lipinski definition) is 3. The van der Waals surface area contributed by atoms with E-state index in [2.05, 4.69) is 21.2 Å². The van der Waals surface area contributed by atoms with Crippen LogP contribution in [0.2, 0.25) is 0 Å². The van der Waals surface area contributed by atoms with E-state index in [9.17, 15) is 9.59 Å². The monoisotopic (exact) mass is 301 g/mol. The van der Waals surface area contributed by atoms with Gasteiger partial charge in [0.15, 0.2) is 0 Å².